The molecule has 0 N–H and O–H groups in total. The first kappa shape index (κ1) is 76.6. The number of esters is 3. The van der Waals surface area contributed by atoms with E-state index in [2.05, 4.69) is 106 Å². The Balaban J connectivity index is 3.98. The Hall–Kier alpha value is -3.41. The van der Waals surface area contributed by atoms with Crippen molar-refractivity contribution in [1.82, 2.24) is 0 Å². The number of carbonyl (C=O) groups is 3. The summed E-state index contributed by atoms with van der Waals surface area (Å²) >= 11 is 0. The standard InChI is InChI=1S/C74H130O6/c1-4-7-10-13-16-18-20-22-24-26-28-30-31-32-33-34-35-36-37-38-39-40-41-42-43-45-46-48-50-52-54-56-58-61-64-67-73(76)79-70-71(69-78-72(75)66-63-60-15-12-9-6-3)80-74(77)68-65-62-59-57-55-53-51-49-47-44-29-27-25-23-21-19-17-14-11-8-5-2/h7,10,16,18,22,24,27-30,32-33,35-36,71H,4-6,8-9,11-15,17,19-21,23,25-26,31,34,37-70H2,1-3H3/b10-7-,18-16-,24-22-,29-27-,30-28-,33-32-,36-35-. The van der Waals surface area contributed by atoms with Gasteiger partial charge in [0.25, 0.3) is 0 Å². The highest BCUT2D eigenvalue weighted by Gasteiger charge is 2.19. The van der Waals surface area contributed by atoms with E-state index in [1.165, 1.54) is 212 Å². The zero-order chi connectivity index (χ0) is 57.8. The Labute approximate surface area is 496 Å². The summed E-state index contributed by atoms with van der Waals surface area (Å²) in [6.45, 7) is 6.50. The number of rotatable bonds is 63. The molecule has 0 aromatic heterocycles. The predicted octanol–water partition coefficient (Wildman–Crippen LogP) is 23.8. The number of ether oxygens (including phenoxy) is 3. The molecule has 1 unspecified atom stereocenters. The summed E-state index contributed by atoms with van der Waals surface area (Å²) in [5.41, 5.74) is 0. The quantitative estimate of drug-likeness (QED) is 0.0261. The molecule has 0 aromatic carbocycles. The number of unbranched alkanes of at least 4 members (excludes halogenated alkanes) is 38. The van der Waals surface area contributed by atoms with Gasteiger partial charge in [0.15, 0.2) is 6.10 Å². The lowest BCUT2D eigenvalue weighted by atomic mass is 10.0. The van der Waals surface area contributed by atoms with Crippen molar-refractivity contribution < 1.29 is 28.6 Å². The molecule has 0 aromatic rings. The van der Waals surface area contributed by atoms with E-state index in [-0.39, 0.29) is 31.1 Å². The van der Waals surface area contributed by atoms with Gasteiger partial charge in [-0.15, -0.1) is 0 Å². The second kappa shape index (κ2) is 68.1. The molecule has 1 atom stereocenters. The second-order valence-corrected chi connectivity index (χ2v) is 23.1. The molecule has 0 aliphatic heterocycles. The monoisotopic (exact) mass is 1110 g/mol. The summed E-state index contributed by atoms with van der Waals surface area (Å²) in [7, 11) is 0. The molecule has 0 rings (SSSR count). The largest absolute Gasteiger partial charge is 0.462 e. The van der Waals surface area contributed by atoms with Crippen molar-refractivity contribution in [2.75, 3.05) is 13.2 Å². The number of carbonyl (C=O) groups excluding carboxylic acids is 3. The molecule has 6 nitrogen and oxygen atoms in total. The summed E-state index contributed by atoms with van der Waals surface area (Å²) in [6, 6.07) is 0. The smallest absolute Gasteiger partial charge is 0.306 e. The van der Waals surface area contributed by atoms with Gasteiger partial charge in [-0.25, -0.2) is 0 Å². The molecule has 80 heavy (non-hydrogen) atoms. The lowest BCUT2D eigenvalue weighted by Gasteiger charge is -2.18. The number of hydrogen-bond donors (Lipinski definition) is 0. The van der Waals surface area contributed by atoms with Crippen LogP contribution in [0, 0.1) is 0 Å². The summed E-state index contributed by atoms with van der Waals surface area (Å²) in [5.74, 6) is -0.868. The van der Waals surface area contributed by atoms with Crippen molar-refractivity contribution in [2.45, 2.75) is 354 Å². The molecule has 6 heteroatoms. The van der Waals surface area contributed by atoms with Gasteiger partial charge >= 0.3 is 17.9 Å². The van der Waals surface area contributed by atoms with Crippen molar-refractivity contribution in [3.63, 3.8) is 0 Å². The van der Waals surface area contributed by atoms with Crippen molar-refractivity contribution in [1.29, 1.82) is 0 Å². The van der Waals surface area contributed by atoms with Crippen LogP contribution in [-0.4, -0.2) is 37.2 Å². The van der Waals surface area contributed by atoms with Crippen molar-refractivity contribution in [2.24, 2.45) is 0 Å². The Morgan fingerprint density at radius 1 is 0.263 bits per heavy atom. The molecular weight excluding hydrogens is 985 g/mol. The van der Waals surface area contributed by atoms with Gasteiger partial charge in [0, 0.05) is 19.3 Å². The van der Waals surface area contributed by atoms with Gasteiger partial charge in [0.2, 0.25) is 0 Å². The second-order valence-electron chi connectivity index (χ2n) is 23.1. The van der Waals surface area contributed by atoms with Crippen LogP contribution in [0.3, 0.4) is 0 Å². The molecule has 0 spiro atoms. The van der Waals surface area contributed by atoms with E-state index in [1.54, 1.807) is 0 Å². The Bertz CT molecular complexity index is 1520. The van der Waals surface area contributed by atoms with Gasteiger partial charge in [-0.2, -0.15) is 0 Å². The molecular formula is C74H130O6. The first-order valence-electron chi connectivity index (χ1n) is 34.6. The first-order valence-corrected chi connectivity index (χ1v) is 34.6. The molecule has 0 saturated heterocycles. The van der Waals surface area contributed by atoms with Crippen molar-refractivity contribution >= 4 is 17.9 Å². The third kappa shape index (κ3) is 65.4. The fraction of sp³-hybridized carbons (Fsp3) is 0.770. The van der Waals surface area contributed by atoms with Gasteiger partial charge in [-0.1, -0.05) is 318 Å². The van der Waals surface area contributed by atoms with Crippen LogP contribution in [-0.2, 0) is 28.6 Å². The molecule has 462 valence electrons. The Morgan fingerprint density at radius 2 is 0.487 bits per heavy atom. The van der Waals surface area contributed by atoms with Crippen LogP contribution in [0.2, 0.25) is 0 Å². The first-order chi connectivity index (χ1) is 39.5. The molecule has 0 heterocycles. The zero-order valence-corrected chi connectivity index (χ0v) is 53.1. The highest BCUT2D eigenvalue weighted by Crippen LogP contribution is 2.17. The minimum absolute atomic E-state index is 0.0726. The molecule has 0 radical (unpaired) electrons. The average molecular weight is 1120 g/mol. The van der Waals surface area contributed by atoms with Gasteiger partial charge in [-0.05, 0) is 96.3 Å². The molecule has 0 amide bonds. The van der Waals surface area contributed by atoms with Gasteiger partial charge in [0.1, 0.15) is 13.2 Å². The lowest BCUT2D eigenvalue weighted by molar-refractivity contribution is -0.167. The van der Waals surface area contributed by atoms with Gasteiger partial charge in [-0.3, -0.25) is 14.4 Å². The lowest BCUT2D eigenvalue weighted by Crippen LogP contribution is -2.30. The van der Waals surface area contributed by atoms with E-state index >= 15 is 0 Å². The highest BCUT2D eigenvalue weighted by molar-refractivity contribution is 5.71. The summed E-state index contributed by atoms with van der Waals surface area (Å²) in [6.07, 6.45) is 90.8. The maximum absolute atomic E-state index is 12.9. The molecule has 0 aliphatic carbocycles. The van der Waals surface area contributed by atoms with Crippen LogP contribution >= 0.6 is 0 Å². The van der Waals surface area contributed by atoms with E-state index in [0.29, 0.717) is 19.3 Å². The summed E-state index contributed by atoms with van der Waals surface area (Å²) in [5, 5.41) is 0. The zero-order valence-electron chi connectivity index (χ0n) is 53.1. The van der Waals surface area contributed by atoms with Crippen LogP contribution in [0.1, 0.15) is 348 Å². The minimum atomic E-state index is -0.772. The Kier molecular flexibility index (Phi) is 65.2. The SMILES string of the molecule is CC/C=C\C/C=C\C/C=C\C/C=C\C/C=C\C/C=C\CCCCCCCCCCCCCCCCCCC(=O)OCC(COC(=O)CCCCCCCC)OC(=O)CCCCCCCCCCC/C=C\CCCCCCCCCC. The molecule has 0 aliphatic rings. The summed E-state index contributed by atoms with van der Waals surface area (Å²) < 4.78 is 16.8. The van der Waals surface area contributed by atoms with Crippen molar-refractivity contribution in [3.8, 4) is 0 Å². The van der Waals surface area contributed by atoms with E-state index < -0.39 is 6.10 Å². The van der Waals surface area contributed by atoms with Gasteiger partial charge in [0.05, 0.1) is 0 Å². The van der Waals surface area contributed by atoms with Crippen molar-refractivity contribution in [3.05, 3.63) is 85.1 Å². The molecule has 0 fully saturated rings. The average Bonchev–Trinajstić information content (AvgIpc) is 3.46. The maximum atomic E-state index is 12.9. The third-order valence-corrected chi connectivity index (χ3v) is 15.1. The van der Waals surface area contributed by atoms with E-state index in [0.717, 1.165) is 96.3 Å². The Morgan fingerprint density at radius 3 is 0.775 bits per heavy atom. The van der Waals surface area contributed by atoms with E-state index in [9.17, 15) is 14.4 Å². The third-order valence-electron chi connectivity index (χ3n) is 15.1. The maximum Gasteiger partial charge on any atom is 0.306 e. The summed E-state index contributed by atoms with van der Waals surface area (Å²) in [4.78, 5) is 38.1. The highest BCUT2D eigenvalue weighted by atomic mass is 16.6. The van der Waals surface area contributed by atoms with Crippen LogP contribution in [0.15, 0.2) is 85.1 Å². The van der Waals surface area contributed by atoms with Crippen LogP contribution in [0.4, 0.5) is 0 Å². The van der Waals surface area contributed by atoms with Gasteiger partial charge < -0.3 is 14.2 Å². The topological polar surface area (TPSA) is 78.9 Å². The molecule has 0 bridgehead atoms. The number of allylic oxidation sites excluding steroid dienone is 14. The minimum Gasteiger partial charge on any atom is -0.462 e. The van der Waals surface area contributed by atoms with Crippen LogP contribution in [0.5, 0.6) is 0 Å². The molecule has 0 saturated carbocycles. The van der Waals surface area contributed by atoms with Crippen LogP contribution < -0.4 is 0 Å². The normalized spacial score (nSPS) is 12.6. The van der Waals surface area contributed by atoms with E-state index in [1.807, 2.05) is 0 Å². The number of hydrogen-bond acceptors (Lipinski definition) is 6. The van der Waals surface area contributed by atoms with E-state index in [4.69, 9.17) is 14.2 Å². The van der Waals surface area contributed by atoms with Crippen LogP contribution in [0.25, 0.3) is 0 Å². The fourth-order valence-corrected chi connectivity index (χ4v) is 9.97. The fourth-order valence-electron chi connectivity index (χ4n) is 9.97. The predicted molar refractivity (Wildman–Crippen MR) is 348 cm³/mol.